The molecule has 21 heavy (non-hydrogen) atoms. The molecular formula is C10H13N6O4P. The maximum Gasteiger partial charge on any atom is 0.350 e. The molecule has 0 aliphatic carbocycles. The number of ether oxygens (including phenoxy) is 1. The van der Waals surface area contributed by atoms with Gasteiger partial charge in [-0.25, -0.2) is 4.98 Å². The van der Waals surface area contributed by atoms with Gasteiger partial charge in [-0.15, -0.1) is 6.42 Å². The summed E-state index contributed by atoms with van der Waals surface area (Å²) in [5, 5.41) is 0. The van der Waals surface area contributed by atoms with Crippen LogP contribution in [0.15, 0.2) is 0 Å². The van der Waals surface area contributed by atoms with Crippen molar-refractivity contribution in [2.75, 3.05) is 24.4 Å². The van der Waals surface area contributed by atoms with Gasteiger partial charge in [-0.1, -0.05) is 0 Å². The van der Waals surface area contributed by atoms with Gasteiger partial charge in [0.15, 0.2) is 22.8 Å². The van der Waals surface area contributed by atoms with E-state index in [1.54, 1.807) is 0 Å². The van der Waals surface area contributed by atoms with E-state index >= 15 is 0 Å². The fourth-order valence-corrected chi connectivity index (χ4v) is 2.07. The minimum atomic E-state index is -4.21. The van der Waals surface area contributed by atoms with Gasteiger partial charge in [0.25, 0.3) is 0 Å². The molecule has 0 saturated carbocycles. The first kappa shape index (κ1) is 15.2. The Kier molecular flexibility index (Phi) is 4.11. The van der Waals surface area contributed by atoms with Crippen molar-refractivity contribution in [1.29, 1.82) is 0 Å². The van der Waals surface area contributed by atoms with Crippen molar-refractivity contribution in [3.05, 3.63) is 5.82 Å². The summed E-state index contributed by atoms with van der Waals surface area (Å²) in [6, 6.07) is 0. The molecular weight excluding hydrogens is 299 g/mol. The molecule has 112 valence electrons. The van der Waals surface area contributed by atoms with Gasteiger partial charge in [0.2, 0.25) is 5.95 Å². The Bertz CT molecular complexity index is 761. The number of anilines is 2. The molecule has 0 radical (unpaired) electrons. The molecule has 0 saturated heterocycles. The molecule has 0 bridgehead atoms. The van der Waals surface area contributed by atoms with Crippen LogP contribution in [0, 0.1) is 12.3 Å². The van der Waals surface area contributed by atoms with E-state index in [9.17, 15) is 4.57 Å². The number of nitrogens with two attached hydrogens (primary N) is 2. The third kappa shape index (κ3) is 3.48. The van der Waals surface area contributed by atoms with Crippen LogP contribution in [-0.4, -0.2) is 42.3 Å². The van der Waals surface area contributed by atoms with Gasteiger partial charge >= 0.3 is 7.60 Å². The summed E-state index contributed by atoms with van der Waals surface area (Å²) in [4.78, 5) is 29.3. The molecule has 11 heteroatoms. The number of imidazole rings is 1. The van der Waals surface area contributed by atoms with Crippen LogP contribution in [0.3, 0.4) is 0 Å². The minimum absolute atomic E-state index is 0.00899. The molecule has 6 N–H and O–H groups in total. The highest BCUT2D eigenvalue weighted by Crippen LogP contribution is 2.33. The van der Waals surface area contributed by atoms with Crippen LogP contribution < -0.4 is 11.5 Å². The third-order valence-electron chi connectivity index (χ3n) is 2.49. The van der Waals surface area contributed by atoms with E-state index in [0.29, 0.717) is 11.2 Å². The van der Waals surface area contributed by atoms with Crippen molar-refractivity contribution in [2.45, 2.75) is 6.54 Å². The number of aromatic nitrogens is 4. The fraction of sp³-hybridized carbons (Fsp3) is 0.300. The maximum atomic E-state index is 10.7. The van der Waals surface area contributed by atoms with Crippen LogP contribution in [0.4, 0.5) is 11.8 Å². The summed E-state index contributed by atoms with van der Waals surface area (Å²) in [6.45, 7) is 0.195. The van der Waals surface area contributed by atoms with Crippen molar-refractivity contribution >= 4 is 30.5 Å². The first-order valence-electron chi connectivity index (χ1n) is 5.70. The summed E-state index contributed by atoms with van der Waals surface area (Å²) < 4.78 is 17.1. The third-order valence-corrected chi connectivity index (χ3v) is 3.01. The Morgan fingerprint density at radius 1 is 1.33 bits per heavy atom. The second kappa shape index (κ2) is 5.67. The van der Waals surface area contributed by atoms with E-state index in [1.807, 2.05) is 0 Å². The lowest BCUT2D eigenvalue weighted by Gasteiger charge is -2.08. The standard InChI is InChI=1S/C10H13N6O4P/c1-2-6-13-7-8(11)14-10(12)15-9(7)16(6)3-4-20-5-21(17,18)19/h1H,3-5H2,(H2,17,18,19)(H4,11,12,14,15). The predicted octanol–water partition coefficient (Wildman–Crippen LogP) is -0.876. The second-order valence-corrected chi connectivity index (χ2v) is 5.66. The fourth-order valence-electron chi connectivity index (χ4n) is 1.70. The molecule has 10 nitrogen and oxygen atoms in total. The van der Waals surface area contributed by atoms with Crippen molar-refractivity contribution in [3.63, 3.8) is 0 Å². The molecule has 2 aromatic rings. The molecule has 0 unspecified atom stereocenters. The van der Waals surface area contributed by atoms with E-state index in [-0.39, 0.29) is 30.7 Å². The van der Waals surface area contributed by atoms with Crippen LogP contribution in [0.5, 0.6) is 0 Å². The molecule has 0 amide bonds. The van der Waals surface area contributed by atoms with Crippen molar-refractivity contribution in [2.24, 2.45) is 0 Å². The summed E-state index contributed by atoms with van der Waals surface area (Å²) in [7, 11) is -4.21. The van der Waals surface area contributed by atoms with Gasteiger partial charge in [0.05, 0.1) is 13.2 Å². The molecule has 0 fully saturated rings. The van der Waals surface area contributed by atoms with Gasteiger partial charge in [0, 0.05) is 0 Å². The summed E-state index contributed by atoms with van der Waals surface area (Å²) in [5.74, 6) is 2.69. The van der Waals surface area contributed by atoms with Crippen LogP contribution in [0.1, 0.15) is 5.82 Å². The lowest BCUT2D eigenvalue weighted by molar-refractivity contribution is 0.149. The number of rotatable bonds is 5. The Morgan fingerprint density at radius 3 is 2.67 bits per heavy atom. The van der Waals surface area contributed by atoms with E-state index in [4.69, 9.17) is 32.4 Å². The zero-order valence-corrected chi connectivity index (χ0v) is 11.7. The van der Waals surface area contributed by atoms with Gasteiger partial charge in [-0.3, -0.25) is 9.13 Å². The lowest BCUT2D eigenvalue weighted by atomic mass is 10.5. The zero-order chi connectivity index (χ0) is 15.6. The van der Waals surface area contributed by atoms with Gasteiger partial charge < -0.3 is 26.0 Å². The van der Waals surface area contributed by atoms with Crippen LogP contribution in [0.25, 0.3) is 11.2 Å². The highest BCUT2D eigenvalue weighted by Gasteiger charge is 2.16. The smallest absolute Gasteiger partial charge is 0.350 e. The SMILES string of the molecule is C#Cc1nc2c(N)nc(N)nc2n1CCOCP(=O)(O)O. The first-order valence-corrected chi connectivity index (χ1v) is 7.49. The van der Waals surface area contributed by atoms with E-state index < -0.39 is 13.9 Å². The van der Waals surface area contributed by atoms with Crippen molar-refractivity contribution in [3.8, 4) is 12.3 Å². The van der Waals surface area contributed by atoms with Gasteiger partial charge in [0.1, 0.15) is 6.35 Å². The molecule has 2 heterocycles. The Balaban J connectivity index is 2.26. The highest BCUT2D eigenvalue weighted by molar-refractivity contribution is 7.51. The highest BCUT2D eigenvalue weighted by atomic mass is 31.2. The van der Waals surface area contributed by atoms with E-state index in [2.05, 4.69) is 20.9 Å². The van der Waals surface area contributed by atoms with Crippen molar-refractivity contribution in [1.82, 2.24) is 19.5 Å². The normalized spacial score (nSPS) is 11.7. The van der Waals surface area contributed by atoms with Crippen LogP contribution in [-0.2, 0) is 15.8 Å². The van der Waals surface area contributed by atoms with Crippen LogP contribution >= 0.6 is 7.60 Å². The van der Waals surface area contributed by atoms with Gasteiger partial charge in [-0.2, -0.15) is 9.97 Å². The molecule has 0 spiro atoms. The molecule has 2 aromatic heterocycles. The van der Waals surface area contributed by atoms with E-state index in [0.717, 1.165) is 0 Å². The monoisotopic (exact) mass is 312 g/mol. The largest absolute Gasteiger partial charge is 0.382 e. The summed E-state index contributed by atoms with van der Waals surface area (Å²) in [5.41, 5.74) is 11.9. The average Bonchev–Trinajstić information content (AvgIpc) is 2.72. The number of fused-ring (bicyclic) bond motifs is 1. The minimum Gasteiger partial charge on any atom is -0.382 e. The Labute approximate surface area is 119 Å². The maximum absolute atomic E-state index is 10.7. The average molecular weight is 312 g/mol. The Hall–Kier alpha value is -2.18. The molecule has 0 aliphatic rings. The molecule has 0 atom stereocenters. The number of nitrogen functional groups attached to an aromatic ring is 2. The predicted molar refractivity (Wildman–Crippen MR) is 74.9 cm³/mol. The van der Waals surface area contributed by atoms with Gasteiger partial charge in [-0.05, 0) is 5.92 Å². The summed E-state index contributed by atoms with van der Waals surface area (Å²) in [6.07, 6.45) is 4.68. The first-order chi connectivity index (χ1) is 9.81. The molecule has 0 aliphatic heterocycles. The van der Waals surface area contributed by atoms with E-state index in [1.165, 1.54) is 4.57 Å². The molecule has 0 aromatic carbocycles. The Morgan fingerprint density at radius 2 is 2.05 bits per heavy atom. The summed E-state index contributed by atoms with van der Waals surface area (Å²) >= 11 is 0. The zero-order valence-electron chi connectivity index (χ0n) is 10.8. The van der Waals surface area contributed by atoms with Crippen molar-refractivity contribution < 1.29 is 19.1 Å². The lowest BCUT2D eigenvalue weighted by Crippen LogP contribution is -2.10. The quantitative estimate of drug-likeness (QED) is 0.312. The number of hydrogen-bond donors (Lipinski definition) is 4. The number of terminal acetylenes is 1. The number of nitrogens with zero attached hydrogens (tertiary/aromatic N) is 4. The van der Waals surface area contributed by atoms with Crippen LogP contribution in [0.2, 0.25) is 0 Å². The topological polar surface area (TPSA) is 162 Å². The second-order valence-electron chi connectivity index (χ2n) is 4.07. The number of hydrogen-bond acceptors (Lipinski definition) is 7. The molecule has 2 rings (SSSR count).